The van der Waals surface area contributed by atoms with Crippen molar-refractivity contribution >= 4 is 19.6 Å². The average Bonchev–Trinajstić information content (AvgIpc) is 2.10. The van der Waals surface area contributed by atoms with Gasteiger partial charge in [-0.05, 0) is 0 Å². The molecule has 0 saturated heterocycles. The highest BCUT2D eigenvalue weighted by atomic mass is 31.2. The SMILES string of the molecule is O=C(O)CC(O)C(O)C(=O)COP(=O)(O)O. The van der Waals surface area contributed by atoms with Crippen LogP contribution < -0.4 is 0 Å². The maximum Gasteiger partial charge on any atom is 0.470 e. The first-order valence-corrected chi connectivity index (χ1v) is 5.47. The standard InChI is InChI=1S/C6H11O9P/c7-3(1-5(9)10)6(11)4(8)2-15-16(12,13)14/h3,6-7,11H,1-2H2,(H,9,10)(H2,12,13,14). The minimum Gasteiger partial charge on any atom is -0.481 e. The fourth-order valence-corrected chi connectivity index (χ4v) is 1.03. The molecule has 0 aliphatic carbocycles. The molecule has 0 heterocycles. The van der Waals surface area contributed by atoms with E-state index in [1.165, 1.54) is 0 Å². The van der Waals surface area contributed by atoms with Crippen LogP contribution >= 0.6 is 7.82 Å². The van der Waals surface area contributed by atoms with Gasteiger partial charge in [0, 0.05) is 0 Å². The molecule has 0 amide bonds. The van der Waals surface area contributed by atoms with E-state index in [9.17, 15) is 14.2 Å². The zero-order valence-electron chi connectivity index (χ0n) is 7.89. The van der Waals surface area contributed by atoms with Gasteiger partial charge < -0.3 is 25.1 Å². The Morgan fingerprint density at radius 3 is 2.12 bits per heavy atom. The quantitative estimate of drug-likeness (QED) is 0.321. The first-order valence-electron chi connectivity index (χ1n) is 3.94. The van der Waals surface area contributed by atoms with Crippen molar-refractivity contribution in [3.8, 4) is 0 Å². The lowest BCUT2D eigenvalue weighted by molar-refractivity contribution is -0.144. The molecule has 2 unspecified atom stereocenters. The monoisotopic (exact) mass is 258 g/mol. The summed E-state index contributed by atoms with van der Waals surface area (Å²) in [4.78, 5) is 37.5. The molecular weight excluding hydrogens is 247 g/mol. The maximum absolute atomic E-state index is 10.9. The van der Waals surface area contributed by atoms with E-state index in [0.717, 1.165) is 0 Å². The Balaban J connectivity index is 4.18. The predicted molar refractivity (Wildman–Crippen MR) is 47.3 cm³/mol. The fraction of sp³-hybridized carbons (Fsp3) is 0.667. The third-order valence-corrected chi connectivity index (χ3v) is 1.92. The van der Waals surface area contributed by atoms with Crippen molar-refractivity contribution in [2.24, 2.45) is 0 Å². The lowest BCUT2D eigenvalue weighted by atomic mass is 10.1. The van der Waals surface area contributed by atoms with Crippen LogP contribution in [0.25, 0.3) is 0 Å². The number of aliphatic carboxylic acids is 1. The summed E-state index contributed by atoms with van der Waals surface area (Å²) in [5.41, 5.74) is 0. The molecule has 0 aliphatic rings. The number of carbonyl (C=O) groups is 2. The Morgan fingerprint density at radius 1 is 1.25 bits per heavy atom. The van der Waals surface area contributed by atoms with E-state index in [-0.39, 0.29) is 0 Å². The molecule has 94 valence electrons. The van der Waals surface area contributed by atoms with E-state index < -0.39 is 44.8 Å². The van der Waals surface area contributed by atoms with Crippen LogP contribution in [0.3, 0.4) is 0 Å². The van der Waals surface area contributed by atoms with Crippen molar-refractivity contribution in [3.05, 3.63) is 0 Å². The smallest absolute Gasteiger partial charge is 0.470 e. The highest BCUT2D eigenvalue weighted by molar-refractivity contribution is 7.46. The van der Waals surface area contributed by atoms with E-state index in [1.807, 2.05) is 0 Å². The molecule has 0 aromatic rings. The zero-order valence-corrected chi connectivity index (χ0v) is 8.78. The number of Topliss-reactive ketones (excluding diaryl/α,β-unsaturated/α-hetero) is 1. The summed E-state index contributed by atoms with van der Waals surface area (Å²) in [5.74, 6) is -2.66. The number of aliphatic hydroxyl groups is 2. The molecular formula is C6H11O9P. The molecule has 0 rings (SSSR count). The molecule has 5 N–H and O–H groups in total. The van der Waals surface area contributed by atoms with Gasteiger partial charge in [-0.3, -0.25) is 14.1 Å². The lowest BCUT2D eigenvalue weighted by Gasteiger charge is -2.14. The van der Waals surface area contributed by atoms with E-state index in [4.69, 9.17) is 25.1 Å². The summed E-state index contributed by atoms with van der Waals surface area (Å²) in [6, 6.07) is 0. The van der Waals surface area contributed by atoms with Crippen LogP contribution in [-0.4, -0.2) is 55.7 Å². The van der Waals surface area contributed by atoms with Gasteiger partial charge in [0.1, 0.15) is 12.7 Å². The second-order valence-electron chi connectivity index (χ2n) is 2.84. The normalized spacial score (nSPS) is 15.5. The first-order chi connectivity index (χ1) is 7.13. The van der Waals surface area contributed by atoms with Crippen LogP contribution in [0, 0.1) is 0 Å². The van der Waals surface area contributed by atoms with Gasteiger partial charge in [0.05, 0.1) is 12.5 Å². The van der Waals surface area contributed by atoms with E-state index >= 15 is 0 Å². The summed E-state index contributed by atoms with van der Waals surface area (Å²) in [6.45, 7) is -1.12. The van der Waals surface area contributed by atoms with Crippen molar-refractivity contribution in [1.82, 2.24) is 0 Å². The van der Waals surface area contributed by atoms with Gasteiger partial charge in [0.25, 0.3) is 0 Å². The van der Waals surface area contributed by atoms with Crippen LogP contribution in [0.1, 0.15) is 6.42 Å². The molecule has 0 aromatic heterocycles. The molecule has 0 aliphatic heterocycles. The van der Waals surface area contributed by atoms with Gasteiger partial charge in [0.15, 0.2) is 5.78 Å². The Morgan fingerprint density at radius 2 is 1.75 bits per heavy atom. The lowest BCUT2D eigenvalue weighted by Crippen LogP contribution is -2.37. The molecule has 0 fully saturated rings. The summed E-state index contributed by atoms with van der Waals surface area (Å²) in [6.07, 6.45) is -4.80. The molecule has 10 heteroatoms. The van der Waals surface area contributed by atoms with Crippen LogP contribution in [0.2, 0.25) is 0 Å². The van der Waals surface area contributed by atoms with E-state index in [1.54, 1.807) is 0 Å². The van der Waals surface area contributed by atoms with Crippen LogP contribution in [-0.2, 0) is 18.7 Å². The Hall–Kier alpha value is -0.830. The minimum atomic E-state index is -4.85. The number of ketones is 1. The number of hydrogen-bond donors (Lipinski definition) is 5. The second kappa shape index (κ2) is 6.04. The predicted octanol–water partition coefficient (Wildman–Crippen LogP) is -2.14. The minimum absolute atomic E-state index is 0.872. The topological polar surface area (TPSA) is 162 Å². The number of phosphoric ester groups is 1. The molecule has 0 radical (unpaired) electrons. The third-order valence-electron chi connectivity index (χ3n) is 1.45. The Kier molecular flexibility index (Phi) is 5.73. The van der Waals surface area contributed by atoms with Gasteiger partial charge in [-0.1, -0.05) is 0 Å². The van der Waals surface area contributed by atoms with Gasteiger partial charge in [0.2, 0.25) is 0 Å². The molecule has 16 heavy (non-hydrogen) atoms. The number of hydrogen-bond acceptors (Lipinski definition) is 6. The second-order valence-corrected chi connectivity index (χ2v) is 4.08. The van der Waals surface area contributed by atoms with E-state index in [2.05, 4.69) is 4.52 Å². The number of carboxylic acid groups (broad SMARTS) is 1. The van der Waals surface area contributed by atoms with Crippen LogP contribution in [0.4, 0.5) is 0 Å². The molecule has 0 saturated carbocycles. The molecule has 0 spiro atoms. The fourth-order valence-electron chi connectivity index (χ4n) is 0.738. The highest BCUT2D eigenvalue weighted by Crippen LogP contribution is 2.35. The number of aliphatic hydroxyl groups excluding tert-OH is 2. The first kappa shape index (κ1) is 15.2. The summed E-state index contributed by atoms with van der Waals surface area (Å²) in [5, 5.41) is 26.3. The van der Waals surface area contributed by atoms with Crippen molar-refractivity contribution in [2.75, 3.05) is 6.61 Å². The highest BCUT2D eigenvalue weighted by Gasteiger charge is 2.28. The maximum atomic E-state index is 10.9. The van der Waals surface area contributed by atoms with Crippen molar-refractivity contribution < 1.29 is 43.8 Å². The van der Waals surface area contributed by atoms with Gasteiger partial charge in [-0.15, -0.1) is 0 Å². The Labute approximate surface area is 89.5 Å². The molecule has 9 nitrogen and oxygen atoms in total. The third kappa shape index (κ3) is 6.62. The van der Waals surface area contributed by atoms with Crippen molar-refractivity contribution in [2.45, 2.75) is 18.6 Å². The number of phosphoric acid groups is 1. The summed E-state index contributed by atoms with van der Waals surface area (Å²) >= 11 is 0. The van der Waals surface area contributed by atoms with Gasteiger partial charge >= 0.3 is 13.8 Å². The summed E-state index contributed by atoms with van der Waals surface area (Å²) in [7, 11) is -4.85. The van der Waals surface area contributed by atoms with E-state index in [0.29, 0.717) is 0 Å². The largest absolute Gasteiger partial charge is 0.481 e. The Bertz CT molecular complexity index is 307. The average molecular weight is 258 g/mol. The van der Waals surface area contributed by atoms with Crippen molar-refractivity contribution in [3.63, 3.8) is 0 Å². The summed E-state index contributed by atoms with van der Waals surface area (Å²) < 4.78 is 14.0. The van der Waals surface area contributed by atoms with Gasteiger partial charge in [-0.25, -0.2) is 4.57 Å². The number of rotatable bonds is 7. The molecule has 0 bridgehead atoms. The van der Waals surface area contributed by atoms with Crippen LogP contribution in [0.5, 0.6) is 0 Å². The molecule has 0 aromatic carbocycles. The number of carboxylic acids is 1. The van der Waals surface area contributed by atoms with Crippen molar-refractivity contribution in [1.29, 1.82) is 0 Å². The number of carbonyl (C=O) groups excluding carboxylic acids is 1. The van der Waals surface area contributed by atoms with Gasteiger partial charge in [-0.2, -0.15) is 0 Å². The van der Waals surface area contributed by atoms with Crippen LogP contribution in [0.15, 0.2) is 0 Å². The molecule has 2 atom stereocenters. The zero-order chi connectivity index (χ0) is 12.9.